The van der Waals surface area contributed by atoms with Crippen molar-refractivity contribution in [2.45, 2.75) is 45.5 Å². The molecule has 0 saturated heterocycles. The van der Waals surface area contributed by atoms with Crippen molar-refractivity contribution < 1.29 is 13.6 Å². The summed E-state index contributed by atoms with van der Waals surface area (Å²) in [6.45, 7) is 3.28. The van der Waals surface area contributed by atoms with Crippen molar-refractivity contribution in [2.24, 2.45) is 0 Å². The second-order valence-corrected chi connectivity index (χ2v) is 4.35. The van der Waals surface area contributed by atoms with Crippen LogP contribution < -0.4 is 0 Å². The van der Waals surface area contributed by atoms with Gasteiger partial charge in [0, 0.05) is 18.4 Å². The van der Waals surface area contributed by atoms with E-state index in [1.807, 2.05) is 0 Å². The predicted molar refractivity (Wildman–Crippen MR) is 64.2 cm³/mol. The summed E-state index contributed by atoms with van der Waals surface area (Å²) in [5.41, 5.74) is 0.988. The number of carbonyl (C=O) groups excluding carboxylic acids is 1. The van der Waals surface area contributed by atoms with E-state index < -0.39 is 5.92 Å². The monoisotopic (exact) mass is 240 g/mol. The molecule has 1 aromatic carbocycles. The van der Waals surface area contributed by atoms with Crippen LogP contribution in [-0.2, 0) is 17.1 Å². The van der Waals surface area contributed by atoms with Gasteiger partial charge in [0.25, 0.3) is 5.92 Å². The molecule has 1 rings (SSSR count). The van der Waals surface area contributed by atoms with Gasteiger partial charge >= 0.3 is 0 Å². The normalized spacial score (nSPS) is 11.5. The molecular formula is C14H18F2O. The SMILES string of the molecule is CCCC(F)(F)c1ccc(CCC(C)=O)cc1. The van der Waals surface area contributed by atoms with Gasteiger partial charge in [-0.25, -0.2) is 8.78 Å². The lowest BCUT2D eigenvalue weighted by molar-refractivity contribution is -0.116. The maximum absolute atomic E-state index is 13.5. The maximum Gasteiger partial charge on any atom is 0.273 e. The Bertz CT molecular complexity index is 368. The Labute approximate surface area is 101 Å². The van der Waals surface area contributed by atoms with Gasteiger partial charge in [0.15, 0.2) is 0 Å². The van der Waals surface area contributed by atoms with Crippen LogP contribution in [0.1, 0.15) is 44.2 Å². The van der Waals surface area contributed by atoms with E-state index in [9.17, 15) is 13.6 Å². The molecule has 0 unspecified atom stereocenters. The van der Waals surface area contributed by atoms with Crippen LogP contribution in [0.2, 0.25) is 0 Å². The first kappa shape index (κ1) is 13.8. The third-order valence-corrected chi connectivity index (χ3v) is 2.71. The van der Waals surface area contributed by atoms with Crippen molar-refractivity contribution in [1.29, 1.82) is 0 Å². The summed E-state index contributed by atoms with van der Waals surface area (Å²) in [5.74, 6) is -2.63. The molecule has 17 heavy (non-hydrogen) atoms. The van der Waals surface area contributed by atoms with Gasteiger partial charge in [-0.05, 0) is 18.9 Å². The second kappa shape index (κ2) is 5.89. The fraction of sp³-hybridized carbons (Fsp3) is 0.500. The summed E-state index contributed by atoms with van der Waals surface area (Å²) in [5, 5.41) is 0. The number of aryl methyl sites for hydroxylation is 1. The number of halogens is 2. The van der Waals surface area contributed by atoms with Crippen molar-refractivity contribution in [3.05, 3.63) is 35.4 Å². The molecule has 0 fully saturated rings. The number of carbonyl (C=O) groups is 1. The predicted octanol–water partition coefficient (Wildman–Crippen LogP) is 4.10. The van der Waals surface area contributed by atoms with Crippen LogP contribution >= 0.6 is 0 Å². The van der Waals surface area contributed by atoms with Gasteiger partial charge in [0.2, 0.25) is 0 Å². The van der Waals surface area contributed by atoms with Gasteiger partial charge < -0.3 is 4.79 Å². The zero-order valence-electron chi connectivity index (χ0n) is 10.3. The fourth-order valence-corrected chi connectivity index (χ4v) is 1.69. The molecular weight excluding hydrogens is 222 g/mol. The Morgan fingerprint density at radius 1 is 1.24 bits per heavy atom. The lowest BCUT2D eigenvalue weighted by atomic mass is 10.0. The third-order valence-electron chi connectivity index (χ3n) is 2.71. The molecule has 0 aliphatic rings. The van der Waals surface area contributed by atoms with Crippen LogP contribution in [0.25, 0.3) is 0 Å². The number of hydrogen-bond donors (Lipinski definition) is 0. The van der Waals surface area contributed by atoms with Gasteiger partial charge in [-0.2, -0.15) is 0 Å². The molecule has 0 radical (unpaired) electrons. The van der Waals surface area contributed by atoms with Crippen molar-refractivity contribution in [2.75, 3.05) is 0 Å². The quantitative estimate of drug-likeness (QED) is 0.731. The number of ketones is 1. The van der Waals surface area contributed by atoms with E-state index in [-0.39, 0.29) is 17.8 Å². The highest BCUT2D eigenvalue weighted by atomic mass is 19.3. The molecule has 0 aromatic heterocycles. The number of hydrogen-bond acceptors (Lipinski definition) is 1. The fourth-order valence-electron chi connectivity index (χ4n) is 1.69. The highest BCUT2D eigenvalue weighted by Gasteiger charge is 2.29. The molecule has 0 saturated carbocycles. The van der Waals surface area contributed by atoms with E-state index in [1.165, 1.54) is 19.1 Å². The molecule has 0 aliphatic carbocycles. The average molecular weight is 240 g/mol. The van der Waals surface area contributed by atoms with E-state index in [2.05, 4.69) is 0 Å². The summed E-state index contributed by atoms with van der Waals surface area (Å²) < 4.78 is 27.1. The van der Waals surface area contributed by atoms with Gasteiger partial charge in [-0.15, -0.1) is 0 Å². The number of Topliss-reactive ketones (excluding diaryl/α,β-unsaturated/α-hetero) is 1. The molecule has 0 amide bonds. The first-order chi connectivity index (χ1) is 7.95. The largest absolute Gasteiger partial charge is 0.300 e. The summed E-state index contributed by atoms with van der Waals surface area (Å²) in [4.78, 5) is 10.8. The minimum absolute atomic E-state index is 0.0610. The van der Waals surface area contributed by atoms with Gasteiger partial charge in [-0.1, -0.05) is 37.6 Å². The Hall–Kier alpha value is -1.25. The standard InChI is InChI=1S/C14H18F2O/c1-3-10-14(15,16)13-8-6-12(7-9-13)5-4-11(2)17/h6-9H,3-5,10H2,1-2H3. The summed E-state index contributed by atoms with van der Waals surface area (Å²) in [6.07, 6.45) is 1.42. The van der Waals surface area contributed by atoms with E-state index in [0.29, 0.717) is 19.3 Å². The summed E-state index contributed by atoms with van der Waals surface area (Å²) in [7, 11) is 0. The molecule has 1 aromatic rings. The molecule has 0 spiro atoms. The zero-order chi connectivity index (χ0) is 12.9. The lowest BCUT2D eigenvalue weighted by Crippen LogP contribution is -2.12. The number of alkyl halides is 2. The van der Waals surface area contributed by atoms with E-state index in [1.54, 1.807) is 19.1 Å². The first-order valence-electron chi connectivity index (χ1n) is 5.92. The van der Waals surface area contributed by atoms with Crippen molar-refractivity contribution >= 4 is 5.78 Å². The van der Waals surface area contributed by atoms with Crippen LogP contribution in [-0.4, -0.2) is 5.78 Å². The Kier molecular flexibility index (Phi) is 4.79. The molecule has 0 aliphatic heterocycles. The van der Waals surface area contributed by atoms with Crippen LogP contribution in [0.4, 0.5) is 8.78 Å². The highest BCUT2D eigenvalue weighted by molar-refractivity contribution is 5.75. The minimum atomic E-state index is -2.74. The molecule has 0 atom stereocenters. The highest BCUT2D eigenvalue weighted by Crippen LogP contribution is 2.32. The second-order valence-electron chi connectivity index (χ2n) is 4.35. The van der Waals surface area contributed by atoms with E-state index >= 15 is 0 Å². The molecule has 3 heteroatoms. The van der Waals surface area contributed by atoms with Gasteiger partial charge in [0.1, 0.15) is 5.78 Å². The van der Waals surface area contributed by atoms with Crippen LogP contribution in [0.5, 0.6) is 0 Å². The summed E-state index contributed by atoms with van der Waals surface area (Å²) >= 11 is 0. The summed E-state index contributed by atoms with van der Waals surface area (Å²) in [6, 6.07) is 6.29. The molecule has 0 bridgehead atoms. The Morgan fingerprint density at radius 2 is 1.82 bits per heavy atom. The van der Waals surface area contributed by atoms with Crippen LogP contribution in [0, 0.1) is 0 Å². The Morgan fingerprint density at radius 3 is 2.29 bits per heavy atom. The first-order valence-corrected chi connectivity index (χ1v) is 5.92. The molecule has 0 N–H and O–H groups in total. The van der Waals surface area contributed by atoms with Gasteiger partial charge in [-0.3, -0.25) is 0 Å². The van der Waals surface area contributed by atoms with Crippen molar-refractivity contribution in [3.8, 4) is 0 Å². The van der Waals surface area contributed by atoms with Crippen LogP contribution in [0.3, 0.4) is 0 Å². The van der Waals surface area contributed by atoms with E-state index in [0.717, 1.165) is 5.56 Å². The Balaban J connectivity index is 2.70. The zero-order valence-corrected chi connectivity index (χ0v) is 10.3. The molecule has 1 nitrogen and oxygen atoms in total. The maximum atomic E-state index is 13.5. The smallest absolute Gasteiger partial charge is 0.273 e. The van der Waals surface area contributed by atoms with Gasteiger partial charge in [0.05, 0.1) is 0 Å². The van der Waals surface area contributed by atoms with Crippen molar-refractivity contribution in [3.63, 3.8) is 0 Å². The number of benzene rings is 1. The molecule has 0 heterocycles. The molecule has 94 valence electrons. The lowest BCUT2D eigenvalue weighted by Gasteiger charge is -2.16. The minimum Gasteiger partial charge on any atom is -0.300 e. The van der Waals surface area contributed by atoms with Crippen molar-refractivity contribution in [1.82, 2.24) is 0 Å². The average Bonchev–Trinajstić information content (AvgIpc) is 2.27. The topological polar surface area (TPSA) is 17.1 Å². The number of rotatable bonds is 6. The van der Waals surface area contributed by atoms with E-state index in [4.69, 9.17) is 0 Å². The van der Waals surface area contributed by atoms with Crippen LogP contribution in [0.15, 0.2) is 24.3 Å². The third kappa shape index (κ3) is 4.25.